The largest absolute Gasteiger partial charge is 0.507 e. The normalized spacial score (nSPS) is 19.3. The third-order valence-corrected chi connectivity index (χ3v) is 6.23. The van der Waals surface area contributed by atoms with Crippen molar-refractivity contribution in [3.8, 4) is 17.1 Å². The summed E-state index contributed by atoms with van der Waals surface area (Å²) in [7, 11) is 3.86. The Bertz CT molecular complexity index is 1330. The molecule has 8 heteroatoms. The Labute approximate surface area is 178 Å². The topological polar surface area (TPSA) is 105 Å². The van der Waals surface area contributed by atoms with Gasteiger partial charge >= 0.3 is 5.97 Å². The van der Waals surface area contributed by atoms with Crippen LogP contribution in [0.15, 0.2) is 29.1 Å². The highest BCUT2D eigenvalue weighted by molar-refractivity contribution is 5.90. The molecule has 5 rings (SSSR count). The number of nitrogens with zero attached hydrogens (tertiary/aromatic N) is 3. The first-order valence-electron chi connectivity index (χ1n) is 10.2. The maximum atomic E-state index is 13.2. The van der Waals surface area contributed by atoms with Crippen molar-refractivity contribution in [2.75, 3.05) is 14.1 Å². The monoisotopic (exact) mass is 421 g/mol. The number of hydrogen-bond donors (Lipinski definition) is 2. The van der Waals surface area contributed by atoms with E-state index in [0.29, 0.717) is 46.5 Å². The fourth-order valence-electron chi connectivity index (χ4n) is 4.55. The fraction of sp³-hybridized carbons (Fsp3) is 0.348. The van der Waals surface area contributed by atoms with Gasteiger partial charge in [-0.3, -0.25) is 4.79 Å². The third-order valence-electron chi connectivity index (χ3n) is 6.23. The van der Waals surface area contributed by atoms with E-state index in [-0.39, 0.29) is 24.3 Å². The van der Waals surface area contributed by atoms with Crippen LogP contribution >= 0.6 is 0 Å². The van der Waals surface area contributed by atoms with Crippen LogP contribution in [0.4, 0.5) is 0 Å². The van der Waals surface area contributed by atoms with Crippen LogP contribution in [-0.4, -0.2) is 44.7 Å². The van der Waals surface area contributed by atoms with Gasteiger partial charge in [-0.2, -0.15) is 0 Å². The van der Waals surface area contributed by atoms with Gasteiger partial charge in [-0.15, -0.1) is 0 Å². The van der Waals surface area contributed by atoms with Gasteiger partial charge in [-0.25, -0.2) is 9.78 Å². The molecule has 0 saturated heterocycles. The Balaban J connectivity index is 1.72. The van der Waals surface area contributed by atoms with Gasteiger partial charge in [0.1, 0.15) is 12.4 Å². The summed E-state index contributed by atoms with van der Waals surface area (Å²) in [5.41, 5.74) is 1.82. The molecule has 0 aliphatic carbocycles. The summed E-state index contributed by atoms with van der Waals surface area (Å²) in [6, 6.07) is 7.25. The first kappa shape index (κ1) is 19.7. The van der Waals surface area contributed by atoms with E-state index in [4.69, 9.17) is 9.72 Å². The van der Waals surface area contributed by atoms with Crippen molar-refractivity contribution in [2.24, 2.45) is 0 Å². The van der Waals surface area contributed by atoms with Gasteiger partial charge in [0, 0.05) is 28.6 Å². The number of rotatable bonds is 3. The molecule has 0 fully saturated rings. The maximum absolute atomic E-state index is 13.2. The number of phenolic OH excluding ortho intramolecular Hbond substituents is 1. The molecule has 0 saturated carbocycles. The van der Waals surface area contributed by atoms with Crippen LogP contribution in [-0.2, 0) is 34.8 Å². The van der Waals surface area contributed by atoms with Gasteiger partial charge in [-0.1, -0.05) is 13.0 Å². The van der Waals surface area contributed by atoms with E-state index in [9.17, 15) is 19.8 Å². The quantitative estimate of drug-likeness (QED) is 0.487. The number of phenols is 1. The third kappa shape index (κ3) is 2.72. The van der Waals surface area contributed by atoms with E-state index in [0.717, 1.165) is 11.1 Å². The lowest BCUT2D eigenvalue weighted by atomic mass is 9.86. The molecule has 2 aliphatic heterocycles. The number of aromatic nitrogens is 2. The second kappa shape index (κ2) is 6.63. The Morgan fingerprint density at radius 3 is 2.74 bits per heavy atom. The van der Waals surface area contributed by atoms with Crippen molar-refractivity contribution in [1.82, 2.24) is 14.5 Å². The number of aliphatic hydroxyl groups is 1. The number of pyridine rings is 2. The number of benzene rings is 1. The number of fused-ring (bicyclic) bond motifs is 5. The maximum Gasteiger partial charge on any atom is 0.343 e. The summed E-state index contributed by atoms with van der Waals surface area (Å²) >= 11 is 0. The highest BCUT2D eigenvalue weighted by Crippen LogP contribution is 2.40. The summed E-state index contributed by atoms with van der Waals surface area (Å²) in [4.78, 5) is 32.2. The van der Waals surface area contributed by atoms with Crippen molar-refractivity contribution < 1.29 is 19.7 Å². The lowest BCUT2D eigenvalue weighted by Crippen LogP contribution is -2.44. The predicted molar refractivity (Wildman–Crippen MR) is 114 cm³/mol. The Kier molecular flexibility index (Phi) is 4.22. The molecule has 2 aromatic heterocycles. The Hall–Kier alpha value is -3.23. The number of carbonyl (C=O) groups is 1. The van der Waals surface area contributed by atoms with Crippen molar-refractivity contribution in [3.05, 3.63) is 56.9 Å². The van der Waals surface area contributed by atoms with Gasteiger partial charge in [0.15, 0.2) is 5.60 Å². The number of cyclic esters (lactones) is 1. The summed E-state index contributed by atoms with van der Waals surface area (Å²) < 4.78 is 6.68. The van der Waals surface area contributed by atoms with E-state index in [2.05, 4.69) is 0 Å². The number of aromatic hydroxyl groups is 1. The molecule has 2 N–H and O–H groups in total. The highest BCUT2D eigenvalue weighted by Gasteiger charge is 2.45. The average molecular weight is 421 g/mol. The SMILES string of the molecule is CC[C@@]1(O)C(=O)OCc2c1cc1n(c2=O)Cc2cc3c(O)c(CN(C)C)ccc3nc2-1. The molecular formula is C23H23N3O5. The van der Waals surface area contributed by atoms with Gasteiger partial charge in [0.25, 0.3) is 5.56 Å². The molecule has 0 bridgehead atoms. The zero-order valence-corrected chi connectivity index (χ0v) is 17.6. The summed E-state index contributed by atoms with van der Waals surface area (Å²) in [5, 5.41) is 22.3. The van der Waals surface area contributed by atoms with Gasteiger partial charge in [-0.05, 0) is 38.7 Å². The zero-order chi connectivity index (χ0) is 22.1. The van der Waals surface area contributed by atoms with Gasteiger partial charge < -0.3 is 24.4 Å². The minimum absolute atomic E-state index is 0.0995. The second-order valence-corrected chi connectivity index (χ2v) is 8.48. The standard InChI is InChI=1S/C23H23N3O5/c1-4-23(30)16-8-18-19-13(10-26(18)21(28)15(16)11-31-22(23)29)7-14-17(24-19)6-5-12(20(14)27)9-25(2)3/h5-8,27,30H,4,9-11H2,1-3H3/t23-/m0/s1. The lowest BCUT2D eigenvalue weighted by Gasteiger charge is -2.31. The first-order valence-corrected chi connectivity index (χ1v) is 10.2. The minimum Gasteiger partial charge on any atom is -0.507 e. The molecular weight excluding hydrogens is 398 g/mol. The molecule has 3 aromatic rings. The molecule has 1 aromatic carbocycles. The molecule has 0 spiro atoms. The van der Waals surface area contributed by atoms with Crippen molar-refractivity contribution in [1.29, 1.82) is 0 Å². The smallest absolute Gasteiger partial charge is 0.343 e. The summed E-state index contributed by atoms with van der Waals surface area (Å²) in [5.74, 6) is -0.557. The summed E-state index contributed by atoms with van der Waals surface area (Å²) in [6.45, 7) is 2.41. The molecule has 0 unspecified atom stereocenters. The van der Waals surface area contributed by atoms with Crippen LogP contribution in [0.1, 0.15) is 35.6 Å². The van der Waals surface area contributed by atoms with Gasteiger partial charge in [0.2, 0.25) is 0 Å². The molecule has 1 atom stereocenters. The fourth-order valence-corrected chi connectivity index (χ4v) is 4.55. The number of esters is 1. The van der Waals surface area contributed by atoms with Crippen LogP contribution in [0, 0.1) is 0 Å². The average Bonchev–Trinajstić information content (AvgIpc) is 3.10. The Morgan fingerprint density at radius 2 is 2.03 bits per heavy atom. The van der Waals surface area contributed by atoms with Crippen LogP contribution in [0.25, 0.3) is 22.3 Å². The van der Waals surface area contributed by atoms with Gasteiger partial charge in [0.05, 0.1) is 29.0 Å². The van der Waals surface area contributed by atoms with Crippen LogP contribution in [0.3, 0.4) is 0 Å². The van der Waals surface area contributed by atoms with E-state index >= 15 is 0 Å². The molecule has 160 valence electrons. The van der Waals surface area contributed by atoms with Crippen molar-refractivity contribution in [3.63, 3.8) is 0 Å². The van der Waals surface area contributed by atoms with Crippen LogP contribution in [0.2, 0.25) is 0 Å². The molecule has 0 radical (unpaired) electrons. The molecule has 4 heterocycles. The van der Waals surface area contributed by atoms with E-state index in [1.807, 2.05) is 37.2 Å². The number of carbonyl (C=O) groups excluding carboxylic acids is 1. The number of ether oxygens (including phenoxy) is 1. The van der Waals surface area contributed by atoms with E-state index in [1.54, 1.807) is 17.6 Å². The molecule has 31 heavy (non-hydrogen) atoms. The van der Waals surface area contributed by atoms with Crippen LogP contribution in [0.5, 0.6) is 5.75 Å². The molecule has 2 aliphatic rings. The first-order chi connectivity index (χ1) is 14.7. The van der Waals surface area contributed by atoms with Crippen molar-refractivity contribution in [2.45, 2.75) is 38.6 Å². The van der Waals surface area contributed by atoms with E-state index in [1.165, 1.54) is 0 Å². The van der Waals surface area contributed by atoms with Crippen LogP contribution < -0.4 is 5.56 Å². The molecule has 0 amide bonds. The van der Waals surface area contributed by atoms with Crippen molar-refractivity contribution >= 4 is 16.9 Å². The van der Waals surface area contributed by atoms with E-state index < -0.39 is 11.6 Å². The highest BCUT2D eigenvalue weighted by atomic mass is 16.6. The zero-order valence-electron chi connectivity index (χ0n) is 17.6. The Morgan fingerprint density at radius 1 is 1.26 bits per heavy atom. The molecule has 8 nitrogen and oxygen atoms in total. The minimum atomic E-state index is -1.85. The number of hydrogen-bond acceptors (Lipinski definition) is 7. The summed E-state index contributed by atoms with van der Waals surface area (Å²) in [6.07, 6.45) is 0.0995. The lowest BCUT2D eigenvalue weighted by molar-refractivity contribution is -0.172. The second-order valence-electron chi connectivity index (χ2n) is 8.48. The predicted octanol–water partition coefficient (Wildman–Crippen LogP) is 1.85.